The molecule has 1 fully saturated rings. The van der Waals surface area contributed by atoms with Gasteiger partial charge in [-0.3, -0.25) is 14.5 Å². The summed E-state index contributed by atoms with van der Waals surface area (Å²) >= 11 is 0. The van der Waals surface area contributed by atoms with Gasteiger partial charge in [-0.1, -0.05) is 13.8 Å². The Kier molecular flexibility index (Phi) is 7.48. The molecule has 0 spiro atoms. The van der Waals surface area contributed by atoms with Crippen LogP contribution in [-0.4, -0.2) is 61.3 Å². The van der Waals surface area contributed by atoms with E-state index < -0.39 is 5.60 Å². The van der Waals surface area contributed by atoms with E-state index in [9.17, 15) is 9.59 Å². The van der Waals surface area contributed by atoms with E-state index in [0.717, 1.165) is 25.9 Å². The minimum atomic E-state index is -0.476. The highest BCUT2D eigenvalue weighted by molar-refractivity contribution is 5.76. The highest BCUT2D eigenvalue weighted by Gasteiger charge is 2.31. The number of rotatable bonds is 6. The lowest BCUT2D eigenvalue weighted by Gasteiger charge is -2.35. The predicted molar refractivity (Wildman–Crippen MR) is 89.1 cm³/mol. The lowest BCUT2D eigenvalue weighted by atomic mass is 9.99. The number of esters is 2. The summed E-state index contributed by atoms with van der Waals surface area (Å²) in [5.74, 6) is -0.229. The molecule has 6 nitrogen and oxygen atoms in total. The van der Waals surface area contributed by atoms with Crippen LogP contribution in [0.3, 0.4) is 0 Å². The first kappa shape index (κ1) is 19.9. The Morgan fingerprint density at radius 3 is 2.22 bits per heavy atom. The van der Waals surface area contributed by atoms with Crippen molar-refractivity contribution < 1.29 is 19.1 Å². The van der Waals surface area contributed by atoms with E-state index in [0.29, 0.717) is 6.54 Å². The molecule has 0 unspecified atom stereocenters. The van der Waals surface area contributed by atoms with Crippen molar-refractivity contribution in [3.05, 3.63) is 0 Å². The third kappa shape index (κ3) is 7.31. The third-order valence-corrected chi connectivity index (χ3v) is 3.91. The maximum absolute atomic E-state index is 12.4. The first-order chi connectivity index (χ1) is 10.6. The van der Waals surface area contributed by atoms with Crippen LogP contribution in [0.5, 0.6) is 0 Å². The second-order valence-corrected chi connectivity index (χ2v) is 7.55. The van der Waals surface area contributed by atoms with Crippen LogP contribution in [0.2, 0.25) is 0 Å². The Morgan fingerprint density at radius 1 is 1.22 bits per heavy atom. The van der Waals surface area contributed by atoms with E-state index in [2.05, 4.69) is 10.2 Å². The van der Waals surface area contributed by atoms with Gasteiger partial charge in [0.2, 0.25) is 0 Å². The predicted octanol–water partition coefficient (Wildman–Crippen LogP) is 1.58. The van der Waals surface area contributed by atoms with Crippen LogP contribution in [0.25, 0.3) is 0 Å². The second-order valence-electron chi connectivity index (χ2n) is 7.55. The van der Waals surface area contributed by atoms with Gasteiger partial charge in [-0.25, -0.2) is 0 Å². The van der Waals surface area contributed by atoms with E-state index in [1.807, 2.05) is 34.6 Å². The van der Waals surface area contributed by atoms with Crippen molar-refractivity contribution >= 4 is 11.9 Å². The van der Waals surface area contributed by atoms with Crippen LogP contribution in [0, 0.1) is 5.92 Å². The molecule has 1 rings (SSSR count). The Balaban J connectivity index is 2.50. The first-order valence-electron chi connectivity index (χ1n) is 8.40. The third-order valence-electron chi connectivity index (χ3n) is 3.91. The zero-order valence-corrected chi connectivity index (χ0v) is 15.3. The summed E-state index contributed by atoms with van der Waals surface area (Å²) in [6, 6.07) is -0.0322. The van der Waals surface area contributed by atoms with E-state index in [1.165, 1.54) is 7.11 Å². The highest BCUT2D eigenvalue weighted by atomic mass is 16.6. The fourth-order valence-electron chi connectivity index (χ4n) is 2.66. The molecule has 134 valence electrons. The summed E-state index contributed by atoms with van der Waals surface area (Å²) in [6.45, 7) is 11.7. The summed E-state index contributed by atoms with van der Waals surface area (Å²) in [6.07, 6.45) is 1.81. The molecule has 6 heteroatoms. The molecule has 0 radical (unpaired) electrons. The number of nitrogens with zero attached hydrogens (tertiary/aromatic N) is 1. The van der Waals surface area contributed by atoms with E-state index >= 15 is 0 Å². The Labute approximate surface area is 139 Å². The van der Waals surface area contributed by atoms with Crippen molar-refractivity contribution in [2.75, 3.05) is 26.7 Å². The molecule has 0 aromatic carbocycles. The molecule has 0 bridgehead atoms. The van der Waals surface area contributed by atoms with Crippen molar-refractivity contribution in [3.8, 4) is 0 Å². The maximum Gasteiger partial charge on any atom is 0.323 e. The molecule has 1 heterocycles. The Hall–Kier alpha value is -1.14. The number of likely N-dealkylation sites (tertiary alicyclic amines) is 1. The molecular weight excluding hydrogens is 296 g/mol. The van der Waals surface area contributed by atoms with Crippen LogP contribution in [0.1, 0.15) is 47.5 Å². The normalized spacial score (nSPS) is 18.7. The molecule has 0 amide bonds. The number of carbonyl (C=O) groups excluding carboxylic acids is 2. The quantitative estimate of drug-likeness (QED) is 0.747. The average Bonchev–Trinajstić information content (AvgIpc) is 2.43. The van der Waals surface area contributed by atoms with Crippen molar-refractivity contribution in [1.29, 1.82) is 0 Å². The maximum atomic E-state index is 12.4. The van der Waals surface area contributed by atoms with E-state index in [-0.39, 0.29) is 29.9 Å². The highest BCUT2D eigenvalue weighted by Crippen LogP contribution is 2.16. The molecular formula is C17H32N2O4. The molecule has 0 aromatic rings. The zero-order valence-electron chi connectivity index (χ0n) is 15.3. The van der Waals surface area contributed by atoms with Gasteiger partial charge in [0.25, 0.3) is 0 Å². The molecule has 0 aliphatic carbocycles. The molecule has 1 N–H and O–H groups in total. The largest absolute Gasteiger partial charge is 0.468 e. The summed E-state index contributed by atoms with van der Waals surface area (Å²) in [5.41, 5.74) is -0.476. The SMILES string of the molecule is COC(=O)CN1CCC(N[C@@H](C(=O)OC(C)(C)C)C(C)C)CC1. The number of hydrogen-bond acceptors (Lipinski definition) is 6. The second kappa shape index (κ2) is 8.64. The molecule has 1 atom stereocenters. The van der Waals surface area contributed by atoms with Gasteiger partial charge < -0.3 is 14.8 Å². The first-order valence-corrected chi connectivity index (χ1v) is 8.40. The van der Waals surface area contributed by atoms with Gasteiger partial charge in [-0.05, 0) is 39.5 Å². The van der Waals surface area contributed by atoms with Gasteiger partial charge in [0, 0.05) is 19.1 Å². The molecule has 0 saturated carbocycles. The van der Waals surface area contributed by atoms with Gasteiger partial charge in [-0.2, -0.15) is 0 Å². The number of ether oxygens (including phenoxy) is 2. The lowest BCUT2D eigenvalue weighted by molar-refractivity contribution is -0.159. The van der Waals surface area contributed by atoms with Gasteiger partial charge in [0.05, 0.1) is 13.7 Å². The number of piperidine rings is 1. The van der Waals surface area contributed by atoms with Crippen LogP contribution in [-0.2, 0) is 19.1 Å². The van der Waals surface area contributed by atoms with Gasteiger partial charge in [0.15, 0.2) is 0 Å². The summed E-state index contributed by atoms with van der Waals surface area (Å²) in [4.78, 5) is 25.8. The minimum Gasteiger partial charge on any atom is -0.468 e. The standard InChI is InChI=1S/C17H32N2O4/c1-12(2)15(16(21)23-17(3,4)5)18-13-7-9-19(10-8-13)11-14(20)22-6/h12-13,15,18H,7-11H2,1-6H3/t15-/m1/s1. The van der Waals surface area contributed by atoms with Crippen molar-refractivity contribution in [2.45, 2.75) is 65.1 Å². The van der Waals surface area contributed by atoms with Gasteiger partial charge in [0.1, 0.15) is 11.6 Å². The monoisotopic (exact) mass is 328 g/mol. The minimum absolute atomic E-state index is 0.165. The lowest BCUT2D eigenvalue weighted by Crippen LogP contribution is -2.52. The molecule has 1 saturated heterocycles. The number of carbonyl (C=O) groups is 2. The van der Waals surface area contributed by atoms with Crippen LogP contribution in [0.15, 0.2) is 0 Å². The topological polar surface area (TPSA) is 67.9 Å². The Bertz CT molecular complexity index is 396. The van der Waals surface area contributed by atoms with Crippen LogP contribution >= 0.6 is 0 Å². The number of methoxy groups -OCH3 is 1. The summed E-state index contributed by atoms with van der Waals surface area (Å²) < 4.78 is 10.2. The fraction of sp³-hybridized carbons (Fsp3) is 0.882. The van der Waals surface area contributed by atoms with Crippen molar-refractivity contribution in [1.82, 2.24) is 10.2 Å². The van der Waals surface area contributed by atoms with Crippen LogP contribution in [0.4, 0.5) is 0 Å². The number of hydrogen-bond donors (Lipinski definition) is 1. The number of nitrogens with one attached hydrogen (secondary N) is 1. The molecule has 23 heavy (non-hydrogen) atoms. The summed E-state index contributed by atoms with van der Waals surface area (Å²) in [5, 5.41) is 3.45. The average molecular weight is 328 g/mol. The Morgan fingerprint density at radius 2 is 1.78 bits per heavy atom. The van der Waals surface area contributed by atoms with Crippen molar-refractivity contribution in [2.24, 2.45) is 5.92 Å². The van der Waals surface area contributed by atoms with Gasteiger partial charge in [-0.15, -0.1) is 0 Å². The fourth-order valence-corrected chi connectivity index (χ4v) is 2.66. The van der Waals surface area contributed by atoms with Crippen LogP contribution < -0.4 is 5.32 Å². The molecule has 1 aliphatic rings. The van der Waals surface area contributed by atoms with Gasteiger partial charge >= 0.3 is 11.9 Å². The van der Waals surface area contributed by atoms with Crippen molar-refractivity contribution in [3.63, 3.8) is 0 Å². The van der Waals surface area contributed by atoms with E-state index in [4.69, 9.17) is 9.47 Å². The van der Waals surface area contributed by atoms with E-state index in [1.54, 1.807) is 0 Å². The smallest absolute Gasteiger partial charge is 0.323 e. The zero-order chi connectivity index (χ0) is 17.6. The summed E-state index contributed by atoms with van der Waals surface area (Å²) in [7, 11) is 1.41. The molecule has 1 aliphatic heterocycles. The molecule has 0 aromatic heterocycles.